The molecule has 4 rings (SSSR count). The highest BCUT2D eigenvalue weighted by Crippen LogP contribution is 2.35. The van der Waals surface area contributed by atoms with Crippen molar-refractivity contribution >= 4 is 28.8 Å². The van der Waals surface area contributed by atoms with Crippen molar-refractivity contribution in [2.75, 3.05) is 5.32 Å². The number of hydrogen-bond acceptors (Lipinski definition) is 5. The molecule has 0 spiro atoms. The number of nitrogens with zero attached hydrogens (tertiary/aromatic N) is 3. The molecule has 0 unspecified atom stereocenters. The maximum Gasteiger partial charge on any atom is 0.433 e. The van der Waals surface area contributed by atoms with Crippen molar-refractivity contribution in [3.8, 4) is 0 Å². The van der Waals surface area contributed by atoms with E-state index in [9.17, 15) is 27.9 Å². The van der Waals surface area contributed by atoms with Crippen LogP contribution in [0.2, 0.25) is 0 Å². The van der Waals surface area contributed by atoms with Crippen LogP contribution in [0.1, 0.15) is 62.5 Å². The van der Waals surface area contributed by atoms with Crippen molar-refractivity contribution in [2.45, 2.75) is 63.8 Å². The molecule has 1 saturated carbocycles. The fourth-order valence-corrected chi connectivity index (χ4v) is 4.48. The Hall–Kier alpha value is -3.27. The highest BCUT2D eigenvalue weighted by atomic mass is 19.4. The van der Waals surface area contributed by atoms with Crippen molar-refractivity contribution in [1.29, 1.82) is 0 Å². The standard InChI is InChI=1S/C25H27F3N4O3/c1-24(2,35)19-12-20-16(13-32(31-20)18-8-6-15(14-33)7-9-18)10-21(19)30-23(34)11-17-4-3-5-22(29-17)25(26,27)28/h3-5,10,12-15,18,35H,6-9,11H2,1-2H3,(H,30,34)/t15-,18-. The molecule has 2 N–H and O–H groups in total. The number of pyridine rings is 1. The normalized spacial score (nSPS) is 19.0. The van der Waals surface area contributed by atoms with E-state index in [1.54, 1.807) is 26.0 Å². The summed E-state index contributed by atoms with van der Waals surface area (Å²) in [6, 6.07) is 7.00. The van der Waals surface area contributed by atoms with Crippen molar-refractivity contribution in [3.63, 3.8) is 0 Å². The summed E-state index contributed by atoms with van der Waals surface area (Å²) >= 11 is 0. The predicted octanol–water partition coefficient (Wildman–Crippen LogP) is 4.79. The Morgan fingerprint density at radius 1 is 1.20 bits per heavy atom. The summed E-state index contributed by atoms with van der Waals surface area (Å²) in [6.07, 6.45) is 1.22. The summed E-state index contributed by atoms with van der Waals surface area (Å²) in [4.78, 5) is 27.3. The number of aromatic nitrogens is 3. The molecule has 0 saturated heterocycles. The van der Waals surface area contributed by atoms with E-state index in [4.69, 9.17) is 0 Å². The lowest BCUT2D eigenvalue weighted by atomic mass is 9.87. The molecule has 0 radical (unpaired) electrons. The average molecular weight is 489 g/mol. The van der Waals surface area contributed by atoms with Gasteiger partial charge in [-0.1, -0.05) is 6.07 Å². The van der Waals surface area contributed by atoms with Gasteiger partial charge in [0.2, 0.25) is 5.91 Å². The van der Waals surface area contributed by atoms with Crippen molar-refractivity contribution in [2.24, 2.45) is 5.92 Å². The van der Waals surface area contributed by atoms with E-state index in [1.807, 2.05) is 10.9 Å². The molecule has 1 fully saturated rings. The predicted molar refractivity (Wildman–Crippen MR) is 124 cm³/mol. The van der Waals surface area contributed by atoms with Crippen LogP contribution in [0, 0.1) is 5.92 Å². The second-order valence-electron chi connectivity index (χ2n) is 9.57. The molecule has 2 aromatic heterocycles. The minimum atomic E-state index is -4.60. The minimum absolute atomic E-state index is 0.0121. The van der Waals surface area contributed by atoms with Crippen LogP contribution in [0.4, 0.5) is 18.9 Å². The number of carbonyl (C=O) groups is 2. The van der Waals surface area contributed by atoms with E-state index in [0.717, 1.165) is 43.4 Å². The monoisotopic (exact) mass is 488 g/mol. The topological polar surface area (TPSA) is 97.1 Å². The molecule has 7 nitrogen and oxygen atoms in total. The number of alkyl halides is 3. The van der Waals surface area contributed by atoms with Gasteiger partial charge in [0, 0.05) is 28.8 Å². The number of halogens is 3. The Balaban J connectivity index is 1.59. The van der Waals surface area contributed by atoms with Gasteiger partial charge in [0.1, 0.15) is 12.0 Å². The zero-order chi connectivity index (χ0) is 25.4. The van der Waals surface area contributed by atoms with E-state index in [0.29, 0.717) is 16.8 Å². The summed E-state index contributed by atoms with van der Waals surface area (Å²) in [5.41, 5.74) is -0.941. The van der Waals surface area contributed by atoms with Gasteiger partial charge in [-0.05, 0) is 63.8 Å². The molecule has 35 heavy (non-hydrogen) atoms. The number of aldehydes is 1. The number of amides is 1. The van der Waals surface area contributed by atoms with Crippen LogP contribution in [-0.4, -0.2) is 32.1 Å². The van der Waals surface area contributed by atoms with E-state index in [-0.39, 0.29) is 24.1 Å². The number of anilines is 1. The molecule has 1 aliphatic carbocycles. The quantitative estimate of drug-likeness (QED) is 0.487. The van der Waals surface area contributed by atoms with Gasteiger partial charge in [0.25, 0.3) is 0 Å². The zero-order valence-electron chi connectivity index (χ0n) is 19.5. The Morgan fingerprint density at radius 3 is 2.54 bits per heavy atom. The Bertz CT molecular complexity index is 1240. The molecule has 1 aliphatic rings. The third-order valence-corrected chi connectivity index (χ3v) is 6.34. The van der Waals surface area contributed by atoms with E-state index in [2.05, 4.69) is 15.4 Å². The number of carbonyl (C=O) groups excluding carboxylic acids is 2. The molecule has 1 aromatic carbocycles. The summed E-state index contributed by atoms with van der Waals surface area (Å²) in [5.74, 6) is -0.465. The maximum absolute atomic E-state index is 12.9. The number of nitrogens with one attached hydrogen (secondary N) is 1. The number of benzene rings is 1. The zero-order valence-corrected chi connectivity index (χ0v) is 19.5. The fourth-order valence-electron chi connectivity index (χ4n) is 4.48. The van der Waals surface area contributed by atoms with Crippen LogP contribution in [0.25, 0.3) is 10.9 Å². The van der Waals surface area contributed by atoms with Gasteiger partial charge in [0.05, 0.1) is 29.3 Å². The van der Waals surface area contributed by atoms with Crippen molar-refractivity contribution < 1.29 is 27.9 Å². The van der Waals surface area contributed by atoms with Crippen LogP contribution >= 0.6 is 0 Å². The Morgan fingerprint density at radius 2 is 1.91 bits per heavy atom. The summed E-state index contributed by atoms with van der Waals surface area (Å²) in [6.45, 7) is 3.16. The average Bonchev–Trinajstić information content (AvgIpc) is 3.20. The van der Waals surface area contributed by atoms with Crippen LogP contribution in [0.5, 0.6) is 0 Å². The van der Waals surface area contributed by atoms with Gasteiger partial charge in [-0.3, -0.25) is 9.48 Å². The van der Waals surface area contributed by atoms with Gasteiger partial charge in [-0.2, -0.15) is 18.3 Å². The highest BCUT2D eigenvalue weighted by molar-refractivity contribution is 5.96. The fraction of sp³-hybridized carbons (Fsp3) is 0.440. The first kappa shape index (κ1) is 24.8. The number of aliphatic hydroxyl groups is 1. The second-order valence-corrected chi connectivity index (χ2v) is 9.57. The number of hydrogen-bond donors (Lipinski definition) is 2. The molecule has 0 atom stereocenters. The molecule has 0 bridgehead atoms. The molecular formula is C25H27F3N4O3. The van der Waals surface area contributed by atoms with Gasteiger partial charge in [0.15, 0.2) is 0 Å². The molecule has 186 valence electrons. The van der Waals surface area contributed by atoms with Crippen LogP contribution in [0.3, 0.4) is 0 Å². The highest BCUT2D eigenvalue weighted by Gasteiger charge is 2.32. The maximum atomic E-state index is 12.9. The summed E-state index contributed by atoms with van der Waals surface area (Å²) in [5, 5.41) is 18.9. The molecule has 10 heteroatoms. The first-order chi connectivity index (χ1) is 16.4. The van der Waals surface area contributed by atoms with Gasteiger partial charge < -0.3 is 15.2 Å². The van der Waals surface area contributed by atoms with Crippen molar-refractivity contribution in [3.05, 3.63) is 53.5 Å². The van der Waals surface area contributed by atoms with Crippen LogP contribution < -0.4 is 5.32 Å². The first-order valence-electron chi connectivity index (χ1n) is 11.5. The van der Waals surface area contributed by atoms with Gasteiger partial charge in [-0.15, -0.1) is 0 Å². The second kappa shape index (κ2) is 9.41. The largest absolute Gasteiger partial charge is 0.433 e. The first-order valence-corrected chi connectivity index (χ1v) is 11.5. The SMILES string of the molecule is CC(C)(O)c1cc2nn([C@H]3CC[C@H](C=O)CC3)cc2cc1NC(=O)Cc1cccc(C(F)(F)F)n1. The summed E-state index contributed by atoms with van der Waals surface area (Å²) in [7, 11) is 0. The van der Waals surface area contributed by atoms with Crippen LogP contribution in [-0.2, 0) is 27.8 Å². The Kier molecular flexibility index (Phi) is 6.68. The third kappa shape index (κ3) is 5.70. The number of rotatable bonds is 6. The van der Waals surface area contributed by atoms with Crippen LogP contribution in [0.15, 0.2) is 36.5 Å². The van der Waals surface area contributed by atoms with Crippen molar-refractivity contribution in [1.82, 2.24) is 14.8 Å². The molecular weight excluding hydrogens is 461 g/mol. The van der Waals surface area contributed by atoms with Gasteiger partial charge in [-0.25, -0.2) is 4.98 Å². The third-order valence-electron chi connectivity index (χ3n) is 6.34. The van der Waals surface area contributed by atoms with E-state index >= 15 is 0 Å². The molecule has 2 heterocycles. The lowest BCUT2D eigenvalue weighted by molar-refractivity contribution is -0.141. The smallest absolute Gasteiger partial charge is 0.386 e. The van der Waals surface area contributed by atoms with E-state index in [1.165, 1.54) is 12.1 Å². The molecule has 1 amide bonds. The molecule has 0 aliphatic heterocycles. The minimum Gasteiger partial charge on any atom is -0.386 e. The summed E-state index contributed by atoms with van der Waals surface area (Å²) < 4.78 is 40.7. The Labute approximate surface area is 200 Å². The lowest BCUT2D eigenvalue weighted by Crippen LogP contribution is -2.22. The lowest BCUT2D eigenvalue weighted by Gasteiger charge is -2.25. The molecule has 3 aromatic rings. The van der Waals surface area contributed by atoms with Gasteiger partial charge >= 0.3 is 6.18 Å². The van der Waals surface area contributed by atoms with E-state index < -0.39 is 23.4 Å². The number of fused-ring (bicyclic) bond motifs is 1.